The van der Waals surface area contributed by atoms with Gasteiger partial charge >= 0.3 is 6.09 Å². The van der Waals surface area contributed by atoms with E-state index >= 15 is 0 Å². The molecule has 102 valence electrons. The standard InChI is InChI=1S/C13H23N3O2/c1-12(2,3)18-11(17)16-8-13(9-16)6-15(7-13)10-4-14-5-10/h10,14H,4-9H2,1-3H3. The Morgan fingerprint density at radius 1 is 1.22 bits per heavy atom. The van der Waals surface area contributed by atoms with Crippen molar-refractivity contribution in [1.29, 1.82) is 0 Å². The van der Waals surface area contributed by atoms with Gasteiger partial charge in [-0.25, -0.2) is 4.79 Å². The molecule has 0 bridgehead atoms. The van der Waals surface area contributed by atoms with Gasteiger partial charge in [0, 0.05) is 50.7 Å². The molecule has 3 aliphatic rings. The second-order valence-electron chi connectivity index (χ2n) is 7.05. The summed E-state index contributed by atoms with van der Waals surface area (Å²) >= 11 is 0. The van der Waals surface area contributed by atoms with E-state index < -0.39 is 0 Å². The van der Waals surface area contributed by atoms with E-state index in [4.69, 9.17) is 4.74 Å². The van der Waals surface area contributed by atoms with Crippen LogP contribution in [0.15, 0.2) is 0 Å². The van der Waals surface area contributed by atoms with Crippen LogP contribution >= 0.6 is 0 Å². The van der Waals surface area contributed by atoms with Crippen molar-refractivity contribution in [3.8, 4) is 0 Å². The lowest BCUT2D eigenvalue weighted by Crippen LogP contribution is -2.77. The molecule has 0 aliphatic carbocycles. The van der Waals surface area contributed by atoms with Crippen LogP contribution in [0.3, 0.4) is 0 Å². The number of rotatable bonds is 1. The molecule has 0 aromatic rings. The summed E-state index contributed by atoms with van der Waals surface area (Å²) in [6.07, 6.45) is -0.156. The Kier molecular flexibility index (Phi) is 2.61. The summed E-state index contributed by atoms with van der Waals surface area (Å²) < 4.78 is 5.37. The van der Waals surface area contributed by atoms with E-state index in [-0.39, 0.29) is 11.7 Å². The third-order valence-corrected chi connectivity index (χ3v) is 4.06. The second-order valence-corrected chi connectivity index (χ2v) is 7.05. The van der Waals surface area contributed by atoms with E-state index in [9.17, 15) is 4.79 Å². The molecule has 0 aromatic carbocycles. The average Bonchev–Trinajstić information content (AvgIpc) is 1.98. The van der Waals surface area contributed by atoms with Crippen LogP contribution in [0.25, 0.3) is 0 Å². The van der Waals surface area contributed by atoms with Crippen LogP contribution in [0.4, 0.5) is 4.79 Å². The lowest BCUT2D eigenvalue weighted by molar-refractivity contribution is -0.131. The van der Waals surface area contributed by atoms with Crippen molar-refractivity contribution in [2.45, 2.75) is 32.4 Å². The maximum absolute atomic E-state index is 11.8. The number of amides is 1. The lowest BCUT2D eigenvalue weighted by atomic mass is 9.72. The minimum absolute atomic E-state index is 0.156. The second kappa shape index (κ2) is 3.84. The summed E-state index contributed by atoms with van der Waals surface area (Å²) in [6, 6.07) is 0.742. The third kappa shape index (κ3) is 2.10. The Balaban J connectivity index is 1.42. The maximum Gasteiger partial charge on any atom is 0.410 e. The zero-order chi connectivity index (χ0) is 13.0. The van der Waals surface area contributed by atoms with Gasteiger partial charge in [0.05, 0.1) is 0 Å². The first-order chi connectivity index (χ1) is 8.37. The highest BCUT2D eigenvalue weighted by atomic mass is 16.6. The first-order valence-electron chi connectivity index (χ1n) is 6.80. The molecule has 3 rings (SSSR count). The Hall–Kier alpha value is -0.810. The molecule has 3 fully saturated rings. The van der Waals surface area contributed by atoms with Gasteiger partial charge in [0.15, 0.2) is 0 Å². The molecule has 3 heterocycles. The fraction of sp³-hybridized carbons (Fsp3) is 0.923. The number of carbonyl (C=O) groups excluding carboxylic acids is 1. The molecule has 1 amide bonds. The van der Waals surface area contributed by atoms with E-state index in [1.807, 2.05) is 25.7 Å². The molecule has 0 aromatic heterocycles. The number of nitrogens with zero attached hydrogens (tertiary/aromatic N) is 2. The molecule has 5 heteroatoms. The number of carbonyl (C=O) groups is 1. The minimum atomic E-state index is -0.386. The number of ether oxygens (including phenoxy) is 1. The number of nitrogens with one attached hydrogen (secondary N) is 1. The zero-order valence-corrected chi connectivity index (χ0v) is 11.5. The van der Waals surface area contributed by atoms with Crippen LogP contribution in [0.1, 0.15) is 20.8 Å². The van der Waals surface area contributed by atoms with Gasteiger partial charge in [-0.15, -0.1) is 0 Å². The van der Waals surface area contributed by atoms with Gasteiger partial charge < -0.3 is 15.0 Å². The van der Waals surface area contributed by atoms with E-state index in [0.29, 0.717) is 5.41 Å². The largest absolute Gasteiger partial charge is 0.444 e. The number of likely N-dealkylation sites (tertiary alicyclic amines) is 2. The van der Waals surface area contributed by atoms with Crippen molar-refractivity contribution in [2.24, 2.45) is 5.41 Å². The van der Waals surface area contributed by atoms with E-state index in [1.54, 1.807) is 0 Å². The highest BCUT2D eigenvalue weighted by molar-refractivity contribution is 5.69. The maximum atomic E-state index is 11.8. The Bertz CT molecular complexity index is 346. The summed E-state index contributed by atoms with van der Waals surface area (Å²) in [5, 5.41) is 3.30. The quantitative estimate of drug-likeness (QED) is 0.739. The van der Waals surface area contributed by atoms with E-state index in [1.165, 1.54) is 0 Å². The highest BCUT2D eigenvalue weighted by Gasteiger charge is 2.55. The lowest BCUT2D eigenvalue weighted by Gasteiger charge is -2.62. The molecule has 0 atom stereocenters. The van der Waals surface area contributed by atoms with Gasteiger partial charge in [0.25, 0.3) is 0 Å². The molecule has 18 heavy (non-hydrogen) atoms. The summed E-state index contributed by atoms with van der Waals surface area (Å²) in [4.78, 5) is 16.2. The molecule has 5 nitrogen and oxygen atoms in total. The summed E-state index contributed by atoms with van der Waals surface area (Å²) in [5.74, 6) is 0. The van der Waals surface area contributed by atoms with Gasteiger partial charge in [-0.2, -0.15) is 0 Å². The Morgan fingerprint density at radius 2 is 1.83 bits per heavy atom. The Morgan fingerprint density at radius 3 is 2.28 bits per heavy atom. The smallest absolute Gasteiger partial charge is 0.410 e. The molecule has 1 N–H and O–H groups in total. The molecule has 3 saturated heterocycles. The summed E-state index contributed by atoms with van der Waals surface area (Å²) in [5.41, 5.74) is -0.00439. The molecule has 0 unspecified atom stereocenters. The van der Waals surface area contributed by atoms with Gasteiger partial charge in [0.2, 0.25) is 0 Å². The average molecular weight is 253 g/mol. The minimum Gasteiger partial charge on any atom is -0.444 e. The summed E-state index contributed by atoms with van der Waals surface area (Å²) in [6.45, 7) is 12.0. The van der Waals surface area contributed by atoms with Crippen LogP contribution in [0, 0.1) is 5.41 Å². The first-order valence-corrected chi connectivity index (χ1v) is 6.80. The highest BCUT2D eigenvalue weighted by Crippen LogP contribution is 2.41. The van der Waals surface area contributed by atoms with E-state index in [2.05, 4.69) is 10.2 Å². The Labute approximate surface area is 108 Å². The van der Waals surface area contributed by atoms with Crippen molar-refractivity contribution in [1.82, 2.24) is 15.1 Å². The van der Waals surface area contributed by atoms with Gasteiger partial charge in [-0.1, -0.05) is 0 Å². The molecule has 0 saturated carbocycles. The van der Waals surface area contributed by atoms with Gasteiger partial charge in [0.1, 0.15) is 5.60 Å². The van der Waals surface area contributed by atoms with Crippen LogP contribution in [0.5, 0.6) is 0 Å². The van der Waals surface area contributed by atoms with Crippen LogP contribution in [0.2, 0.25) is 0 Å². The van der Waals surface area contributed by atoms with Crippen molar-refractivity contribution in [3.05, 3.63) is 0 Å². The first kappa shape index (κ1) is 12.2. The number of hydrogen-bond donors (Lipinski definition) is 1. The third-order valence-electron chi connectivity index (χ3n) is 4.06. The number of hydrogen-bond acceptors (Lipinski definition) is 4. The monoisotopic (exact) mass is 253 g/mol. The van der Waals surface area contributed by atoms with Crippen molar-refractivity contribution < 1.29 is 9.53 Å². The molecular weight excluding hydrogens is 230 g/mol. The zero-order valence-electron chi connectivity index (χ0n) is 11.5. The van der Waals surface area contributed by atoms with Crippen LogP contribution in [-0.4, -0.2) is 66.8 Å². The fourth-order valence-corrected chi connectivity index (χ4v) is 3.02. The van der Waals surface area contributed by atoms with Crippen molar-refractivity contribution >= 4 is 6.09 Å². The molecule has 0 radical (unpaired) electrons. The SMILES string of the molecule is CC(C)(C)OC(=O)N1CC2(C1)CN(C1CNC1)C2. The molecule has 3 aliphatic heterocycles. The molecular formula is C13H23N3O2. The fourth-order valence-electron chi connectivity index (χ4n) is 3.02. The van der Waals surface area contributed by atoms with Gasteiger partial charge in [-0.05, 0) is 20.8 Å². The normalized spacial score (nSPS) is 27.4. The van der Waals surface area contributed by atoms with Crippen LogP contribution < -0.4 is 5.32 Å². The predicted octanol–water partition coefficient (Wildman–Crippen LogP) is 0.511. The van der Waals surface area contributed by atoms with Gasteiger partial charge in [-0.3, -0.25) is 4.90 Å². The van der Waals surface area contributed by atoms with Crippen molar-refractivity contribution in [2.75, 3.05) is 39.3 Å². The topological polar surface area (TPSA) is 44.8 Å². The van der Waals surface area contributed by atoms with Crippen molar-refractivity contribution in [3.63, 3.8) is 0 Å². The molecule has 1 spiro atoms. The summed E-state index contributed by atoms with van der Waals surface area (Å²) in [7, 11) is 0. The van der Waals surface area contributed by atoms with Crippen LogP contribution in [-0.2, 0) is 4.74 Å². The van der Waals surface area contributed by atoms with E-state index in [0.717, 1.165) is 45.3 Å². The predicted molar refractivity (Wildman–Crippen MR) is 68.5 cm³/mol.